The molecule has 0 saturated carbocycles. The number of carbonyl (C=O) groups excluding carboxylic acids is 1. The molecule has 2 aromatic rings. The highest BCUT2D eigenvalue weighted by Gasteiger charge is 2.23. The van der Waals surface area contributed by atoms with Crippen LogP contribution in [0, 0.1) is 19.7 Å². The van der Waals surface area contributed by atoms with Gasteiger partial charge in [-0.05, 0) is 61.0 Å². The average Bonchev–Trinajstić information content (AvgIpc) is 2.82. The Morgan fingerprint density at radius 1 is 1.17 bits per heavy atom. The molecule has 1 heterocycles. The maximum absolute atomic E-state index is 13.2. The lowest BCUT2D eigenvalue weighted by atomic mass is 10.1. The molecule has 1 aliphatic heterocycles. The molecule has 0 aliphatic carbocycles. The van der Waals surface area contributed by atoms with Crippen molar-refractivity contribution in [2.75, 3.05) is 0 Å². The summed E-state index contributed by atoms with van der Waals surface area (Å²) in [6, 6.07) is 12.1. The Balaban J connectivity index is 1.86. The number of hydrogen-bond acceptors (Lipinski definition) is 3. The van der Waals surface area contributed by atoms with Gasteiger partial charge >= 0.3 is 0 Å². The van der Waals surface area contributed by atoms with Crippen molar-refractivity contribution in [3.8, 4) is 0 Å². The van der Waals surface area contributed by atoms with E-state index in [2.05, 4.69) is 10.3 Å². The first-order valence-corrected chi connectivity index (χ1v) is 7.95. The normalized spacial score (nSPS) is 17.8. The van der Waals surface area contributed by atoms with Crippen molar-refractivity contribution in [3.05, 3.63) is 69.9 Å². The van der Waals surface area contributed by atoms with Gasteiger partial charge in [-0.1, -0.05) is 29.8 Å². The number of halogens is 1. The monoisotopic (exact) mass is 326 g/mol. The molecule has 1 N–H and O–H groups in total. The van der Waals surface area contributed by atoms with Crippen molar-refractivity contribution in [2.24, 2.45) is 4.99 Å². The minimum Gasteiger partial charge on any atom is -0.300 e. The number of aliphatic imine (C=N–C) groups is 1. The van der Waals surface area contributed by atoms with E-state index in [0.29, 0.717) is 15.6 Å². The largest absolute Gasteiger partial charge is 0.300 e. The number of hydrogen-bond donors (Lipinski definition) is 1. The van der Waals surface area contributed by atoms with Crippen molar-refractivity contribution in [1.82, 2.24) is 5.32 Å². The maximum Gasteiger partial charge on any atom is 0.264 e. The Kier molecular flexibility index (Phi) is 4.30. The molecule has 0 spiro atoms. The molecule has 3 rings (SSSR count). The molecule has 0 unspecified atom stereocenters. The molecule has 3 nitrogen and oxygen atoms in total. The number of rotatable bonds is 2. The SMILES string of the molecule is Cc1ccc(N=C2NC(=O)C(=Cc3cccc(F)c3)S2)c(C)c1. The molecular weight excluding hydrogens is 311 g/mol. The van der Waals surface area contributed by atoms with E-state index in [0.717, 1.165) is 11.3 Å². The second kappa shape index (κ2) is 6.38. The number of amidine groups is 1. The molecule has 0 bridgehead atoms. The third kappa shape index (κ3) is 3.68. The molecule has 5 heteroatoms. The van der Waals surface area contributed by atoms with Crippen LogP contribution in [0.1, 0.15) is 16.7 Å². The smallest absolute Gasteiger partial charge is 0.264 e. The lowest BCUT2D eigenvalue weighted by Crippen LogP contribution is -2.19. The van der Waals surface area contributed by atoms with Crippen LogP contribution >= 0.6 is 11.8 Å². The van der Waals surface area contributed by atoms with Gasteiger partial charge in [0.1, 0.15) is 5.82 Å². The van der Waals surface area contributed by atoms with E-state index < -0.39 is 0 Å². The lowest BCUT2D eigenvalue weighted by molar-refractivity contribution is -0.115. The predicted molar refractivity (Wildman–Crippen MR) is 93.1 cm³/mol. The number of thioether (sulfide) groups is 1. The zero-order valence-corrected chi connectivity index (χ0v) is 13.6. The van der Waals surface area contributed by atoms with E-state index >= 15 is 0 Å². The molecule has 1 aliphatic rings. The zero-order chi connectivity index (χ0) is 16.4. The van der Waals surface area contributed by atoms with Crippen LogP contribution < -0.4 is 5.32 Å². The molecule has 1 fully saturated rings. The van der Waals surface area contributed by atoms with E-state index in [1.165, 1.54) is 29.5 Å². The summed E-state index contributed by atoms with van der Waals surface area (Å²) in [6.45, 7) is 4.01. The number of carbonyl (C=O) groups is 1. The molecule has 0 radical (unpaired) electrons. The van der Waals surface area contributed by atoms with Crippen molar-refractivity contribution < 1.29 is 9.18 Å². The summed E-state index contributed by atoms with van der Waals surface area (Å²) in [5.74, 6) is -0.547. The highest BCUT2D eigenvalue weighted by atomic mass is 32.2. The van der Waals surface area contributed by atoms with Gasteiger partial charge in [0.2, 0.25) is 0 Å². The van der Waals surface area contributed by atoms with Crippen LogP contribution in [0.4, 0.5) is 10.1 Å². The van der Waals surface area contributed by atoms with Gasteiger partial charge in [0.15, 0.2) is 5.17 Å². The van der Waals surface area contributed by atoms with E-state index in [1.807, 2.05) is 32.0 Å². The Morgan fingerprint density at radius 2 is 2.00 bits per heavy atom. The van der Waals surface area contributed by atoms with Gasteiger partial charge in [0, 0.05) is 0 Å². The summed E-state index contributed by atoms with van der Waals surface area (Å²) < 4.78 is 13.2. The first-order chi connectivity index (χ1) is 11.0. The second-order valence-corrected chi connectivity index (χ2v) is 6.36. The summed E-state index contributed by atoms with van der Waals surface area (Å²) in [5.41, 5.74) is 3.69. The Bertz CT molecular complexity index is 843. The Labute approximate surface area is 138 Å². The van der Waals surface area contributed by atoms with Crippen LogP contribution in [0.3, 0.4) is 0 Å². The lowest BCUT2D eigenvalue weighted by Gasteiger charge is -2.02. The van der Waals surface area contributed by atoms with Gasteiger partial charge in [-0.25, -0.2) is 9.38 Å². The van der Waals surface area contributed by atoms with Crippen LogP contribution in [-0.2, 0) is 4.79 Å². The van der Waals surface area contributed by atoms with E-state index in [1.54, 1.807) is 18.2 Å². The quantitative estimate of drug-likeness (QED) is 0.834. The molecule has 2 aromatic carbocycles. The third-order valence-electron chi connectivity index (χ3n) is 3.37. The second-order valence-electron chi connectivity index (χ2n) is 5.33. The summed E-state index contributed by atoms with van der Waals surface area (Å²) in [6.07, 6.45) is 1.66. The van der Waals surface area contributed by atoms with Crippen LogP contribution in [0.25, 0.3) is 6.08 Å². The van der Waals surface area contributed by atoms with E-state index in [9.17, 15) is 9.18 Å². The highest BCUT2D eigenvalue weighted by molar-refractivity contribution is 8.18. The molecule has 0 aromatic heterocycles. The van der Waals surface area contributed by atoms with Gasteiger partial charge in [0.25, 0.3) is 5.91 Å². The van der Waals surface area contributed by atoms with E-state index in [-0.39, 0.29) is 11.7 Å². The van der Waals surface area contributed by atoms with Crippen molar-refractivity contribution in [3.63, 3.8) is 0 Å². The van der Waals surface area contributed by atoms with Crippen LogP contribution in [0.5, 0.6) is 0 Å². The topological polar surface area (TPSA) is 41.5 Å². The first-order valence-electron chi connectivity index (χ1n) is 7.14. The minimum absolute atomic E-state index is 0.220. The van der Waals surface area contributed by atoms with E-state index in [4.69, 9.17) is 0 Å². The molecule has 116 valence electrons. The van der Waals surface area contributed by atoms with Crippen LogP contribution in [0.2, 0.25) is 0 Å². The first kappa shape index (κ1) is 15.5. The molecule has 0 atom stereocenters. The van der Waals surface area contributed by atoms with Crippen LogP contribution in [-0.4, -0.2) is 11.1 Å². The summed E-state index contributed by atoms with van der Waals surface area (Å²) in [7, 11) is 0. The Hall–Kier alpha value is -2.40. The Morgan fingerprint density at radius 3 is 2.74 bits per heavy atom. The van der Waals surface area contributed by atoms with Gasteiger partial charge in [-0.3, -0.25) is 4.79 Å². The fraction of sp³-hybridized carbons (Fsp3) is 0.111. The molecule has 23 heavy (non-hydrogen) atoms. The standard InChI is InChI=1S/C18H15FN2OS/c1-11-6-7-15(12(2)8-11)20-18-21-17(22)16(23-18)10-13-4-3-5-14(19)9-13/h3-10H,1-2H3,(H,20,21,22). The van der Waals surface area contributed by atoms with Gasteiger partial charge in [-0.15, -0.1) is 0 Å². The fourth-order valence-corrected chi connectivity index (χ4v) is 3.10. The number of nitrogens with zero attached hydrogens (tertiary/aromatic N) is 1. The third-order valence-corrected chi connectivity index (χ3v) is 4.28. The molecule has 1 saturated heterocycles. The summed E-state index contributed by atoms with van der Waals surface area (Å²) in [4.78, 5) is 17.0. The average molecular weight is 326 g/mol. The number of aryl methyl sites for hydroxylation is 2. The number of nitrogens with one attached hydrogen (secondary N) is 1. The van der Waals surface area contributed by atoms with Gasteiger partial charge in [0.05, 0.1) is 10.6 Å². The van der Waals surface area contributed by atoms with Crippen molar-refractivity contribution in [1.29, 1.82) is 0 Å². The number of benzene rings is 2. The van der Waals surface area contributed by atoms with Crippen molar-refractivity contribution in [2.45, 2.75) is 13.8 Å². The highest BCUT2D eigenvalue weighted by Crippen LogP contribution is 2.29. The van der Waals surface area contributed by atoms with Gasteiger partial charge < -0.3 is 5.32 Å². The molecular formula is C18H15FN2OS. The maximum atomic E-state index is 13.2. The zero-order valence-electron chi connectivity index (χ0n) is 12.8. The predicted octanol–water partition coefficient (Wildman–Crippen LogP) is 4.33. The number of amides is 1. The van der Waals surface area contributed by atoms with Crippen LogP contribution in [0.15, 0.2) is 52.4 Å². The molecule has 1 amide bonds. The van der Waals surface area contributed by atoms with Gasteiger partial charge in [-0.2, -0.15) is 0 Å². The minimum atomic E-state index is -0.327. The fourth-order valence-electron chi connectivity index (χ4n) is 2.27. The summed E-state index contributed by atoms with van der Waals surface area (Å²) in [5, 5.41) is 3.27. The summed E-state index contributed by atoms with van der Waals surface area (Å²) >= 11 is 1.26. The van der Waals surface area contributed by atoms with Crippen molar-refractivity contribution >= 4 is 34.6 Å².